The van der Waals surface area contributed by atoms with Gasteiger partial charge in [-0.1, -0.05) is 32.4 Å². The van der Waals surface area contributed by atoms with Crippen molar-refractivity contribution >= 4 is 40.0 Å². The molecule has 0 amide bonds. The second kappa shape index (κ2) is 11.9. The predicted molar refractivity (Wildman–Crippen MR) is 122 cm³/mol. The minimum Gasteiger partial charge on any atom is -0.356 e. The molecule has 8 heteroatoms. The maximum absolute atomic E-state index is 12.7. The summed E-state index contributed by atoms with van der Waals surface area (Å²) in [4.78, 5) is 4.59. The fourth-order valence-electron chi connectivity index (χ4n) is 2.92. The third-order valence-corrected chi connectivity index (χ3v) is 6.49. The van der Waals surface area contributed by atoms with Crippen LogP contribution in [0.15, 0.2) is 34.2 Å². The van der Waals surface area contributed by atoms with E-state index in [1.807, 2.05) is 12.1 Å². The zero-order chi connectivity index (χ0) is 19.0. The Kier molecular flexibility index (Phi) is 10.6. The second-order valence-corrected chi connectivity index (χ2v) is 9.08. The molecule has 0 bridgehead atoms. The van der Waals surface area contributed by atoms with Crippen LogP contribution in [0.4, 0.5) is 0 Å². The maximum atomic E-state index is 12.7. The van der Waals surface area contributed by atoms with E-state index in [0.29, 0.717) is 30.4 Å². The standard InChI is InChI=1S/C19H32N4O2S.HI/c1-16(2)11-12-21-19(20-3)22-15-17-7-9-18(10-8-17)26(24,25)23-13-5-4-6-14-23;/h7-10,16H,4-6,11-15H2,1-3H3,(H2,20,21,22);1H. The molecule has 0 aliphatic carbocycles. The van der Waals surface area contributed by atoms with Gasteiger partial charge in [0.1, 0.15) is 0 Å². The van der Waals surface area contributed by atoms with Crippen LogP contribution in [0.2, 0.25) is 0 Å². The fraction of sp³-hybridized carbons (Fsp3) is 0.632. The minimum atomic E-state index is -3.36. The summed E-state index contributed by atoms with van der Waals surface area (Å²) in [5.41, 5.74) is 1.02. The molecule has 1 fully saturated rings. The van der Waals surface area contributed by atoms with E-state index in [-0.39, 0.29) is 24.0 Å². The SMILES string of the molecule is CN=C(NCCC(C)C)NCc1ccc(S(=O)(=O)N2CCCCC2)cc1.I. The average Bonchev–Trinajstić information content (AvgIpc) is 2.65. The Morgan fingerprint density at radius 2 is 1.74 bits per heavy atom. The molecule has 1 aliphatic heterocycles. The summed E-state index contributed by atoms with van der Waals surface area (Å²) in [6, 6.07) is 7.14. The number of halogens is 1. The molecule has 1 aliphatic rings. The van der Waals surface area contributed by atoms with E-state index in [2.05, 4.69) is 29.5 Å². The average molecular weight is 508 g/mol. The Labute approximate surface area is 181 Å². The molecule has 0 spiro atoms. The van der Waals surface area contributed by atoms with Crippen molar-refractivity contribution in [3.63, 3.8) is 0 Å². The lowest BCUT2D eigenvalue weighted by Gasteiger charge is -2.25. The van der Waals surface area contributed by atoms with Gasteiger partial charge < -0.3 is 10.6 Å². The van der Waals surface area contributed by atoms with Crippen LogP contribution in [0.25, 0.3) is 0 Å². The number of nitrogens with zero attached hydrogens (tertiary/aromatic N) is 2. The maximum Gasteiger partial charge on any atom is 0.243 e. The Morgan fingerprint density at radius 1 is 1.11 bits per heavy atom. The summed E-state index contributed by atoms with van der Waals surface area (Å²) in [5, 5.41) is 6.55. The zero-order valence-corrected chi connectivity index (χ0v) is 19.7. The van der Waals surface area contributed by atoms with Crippen molar-refractivity contribution in [2.45, 2.75) is 51.0 Å². The van der Waals surface area contributed by atoms with Gasteiger partial charge in [-0.3, -0.25) is 4.99 Å². The molecule has 0 radical (unpaired) electrons. The molecule has 0 saturated carbocycles. The first kappa shape index (κ1) is 24.2. The molecule has 154 valence electrons. The summed E-state index contributed by atoms with van der Waals surface area (Å²) < 4.78 is 26.9. The Bertz CT molecular complexity index is 684. The van der Waals surface area contributed by atoms with Crippen LogP contribution in [-0.4, -0.2) is 45.4 Å². The van der Waals surface area contributed by atoms with Crippen LogP contribution >= 0.6 is 24.0 Å². The van der Waals surface area contributed by atoms with Gasteiger partial charge in [-0.2, -0.15) is 4.31 Å². The molecular formula is C19H33IN4O2S. The topological polar surface area (TPSA) is 73.8 Å². The molecular weight excluding hydrogens is 475 g/mol. The monoisotopic (exact) mass is 508 g/mol. The van der Waals surface area contributed by atoms with Crippen LogP contribution in [0.1, 0.15) is 45.1 Å². The number of piperidine rings is 1. The molecule has 6 nitrogen and oxygen atoms in total. The predicted octanol–water partition coefficient (Wildman–Crippen LogP) is 3.19. The Balaban J connectivity index is 0.00000364. The van der Waals surface area contributed by atoms with Crippen molar-refractivity contribution in [1.82, 2.24) is 14.9 Å². The summed E-state index contributed by atoms with van der Waals surface area (Å²) in [7, 11) is -1.61. The van der Waals surface area contributed by atoms with E-state index in [0.717, 1.165) is 43.8 Å². The largest absolute Gasteiger partial charge is 0.356 e. The van der Waals surface area contributed by atoms with E-state index in [1.54, 1.807) is 23.5 Å². The van der Waals surface area contributed by atoms with E-state index in [1.165, 1.54) is 0 Å². The lowest BCUT2D eigenvalue weighted by molar-refractivity contribution is 0.346. The van der Waals surface area contributed by atoms with Crippen LogP contribution < -0.4 is 10.6 Å². The first-order chi connectivity index (χ1) is 12.4. The summed E-state index contributed by atoms with van der Waals surface area (Å²) in [6.07, 6.45) is 4.10. The van der Waals surface area contributed by atoms with E-state index in [4.69, 9.17) is 0 Å². The van der Waals surface area contributed by atoms with Crippen molar-refractivity contribution < 1.29 is 8.42 Å². The van der Waals surface area contributed by atoms with Gasteiger partial charge in [0.05, 0.1) is 4.90 Å². The molecule has 1 heterocycles. The van der Waals surface area contributed by atoms with Crippen LogP contribution in [0.5, 0.6) is 0 Å². The van der Waals surface area contributed by atoms with E-state index < -0.39 is 10.0 Å². The van der Waals surface area contributed by atoms with Crippen LogP contribution in [-0.2, 0) is 16.6 Å². The number of sulfonamides is 1. The summed E-state index contributed by atoms with van der Waals surface area (Å²) >= 11 is 0. The molecule has 0 aromatic heterocycles. The van der Waals surface area contributed by atoms with Crippen LogP contribution in [0.3, 0.4) is 0 Å². The van der Waals surface area contributed by atoms with E-state index in [9.17, 15) is 8.42 Å². The number of rotatable bonds is 7. The number of benzene rings is 1. The van der Waals surface area contributed by atoms with Crippen molar-refractivity contribution in [3.05, 3.63) is 29.8 Å². The highest BCUT2D eigenvalue weighted by molar-refractivity contribution is 14.0. The van der Waals surface area contributed by atoms with Crippen LogP contribution in [0, 0.1) is 5.92 Å². The lowest BCUT2D eigenvalue weighted by Crippen LogP contribution is -2.37. The van der Waals surface area contributed by atoms with Crippen molar-refractivity contribution in [2.24, 2.45) is 10.9 Å². The van der Waals surface area contributed by atoms with E-state index >= 15 is 0 Å². The molecule has 2 rings (SSSR count). The number of aliphatic imine (C=N–C) groups is 1. The van der Waals surface area contributed by atoms with Gasteiger partial charge in [0.15, 0.2) is 5.96 Å². The second-order valence-electron chi connectivity index (χ2n) is 7.14. The molecule has 0 atom stereocenters. The minimum absolute atomic E-state index is 0. The highest BCUT2D eigenvalue weighted by atomic mass is 127. The van der Waals surface area contributed by atoms with Crippen molar-refractivity contribution in [3.8, 4) is 0 Å². The van der Waals surface area contributed by atoms with Gasteiger partial charge in [0.25, 0.3) is 0 Å². The molecule has 1 saturated heterocycles. The molecule has 0 unspecified atom stereocenters. The van der Waals surface area contributed by atoms with Gasteiger partial charge in [0.2, 0.25) is 10.0 Å². The lowest BCUT2D eigenvalue weighted by atomic mass is 10.1. The van der Waals surface area contributed by atoms with Gasteiger partial charge >= 0.3 is 0 Å². The normalized spacial score (nSPS) is 16.1. The number of hydrogen-bond donors (Lipinski definition) is 2. The first-order valence-corrected chi connectivity index (χ1v) is 10.9. The number of nitrogens with one attached hydrogen (secondary N) is 2. The Morgan fingerprint density at radius 3 is 2.30 bits per heavy atom. The van der Waals surface area contributed by atoms with Gasteiger partial charge in [0, 0.05) is 33.2 Å². The number of hydrogen-bond acceptors (Lipinski definition) is 3. The van der Waals surface area contributed by atoms with Gasteiger partial charge in [-0.05, 0) is 42.9 Å². The first-order valence-electron chi connectivity index (χ1n) is 9.47. The molecule has 2 N–H and O–H groups in total. The zero-order valence-electron chi connectivity index (χ0n) is 16.6. The molecule has 1 aromatic carbocycles. The Hall–Kier alpha value is -0.870. The van der Waals surface area contributed by atoms with Crippen molar-refractivity contribution in [1.29, 1.82) is 0 Å². The fourth-order valence-corrected chi connectivity index (χ4v) is 4.44. The van der Waals surface area contributed by atoms with Gasteiger partial charge in [-0.25, -0.2) is 8.42 Å². The van der Waals surface area contributed by atoms with Crippen molar-refractivity contribution in [2.75, 3.05) is 26.7 Å². The summed E-state index contributed by atoms with van der Waals surface area (Å²) in [6.45, 7) is 7.12. The third-order valence-electron chi connectivity index (χ3n) is 4.57. The quantitative estimate of drug-likeness (QED) is 0.337. The number of guanidine groups is 1. The summed E-state index contributed by atoms with van der Waals surface area (Å²) in [5.74, 6) is 1.41. The highest BCUT2D eigenvalue weighted by Crippen LogP contribution is 2.20. The molecule has 27 heavy (non-hydrogen) atoms. The van der Waals surface area contributed by atoms with Gasteiger partial charge in [-0.15, -0.1) is 24.0 Å². The highest BCUT2D eigenvalue weighted by Gasteiger charge is 2.25. The molecule has 1 aromatic rings. The third kappa shape index (κ3) is 7.57. The smallest absolute Gasteiger partial charge is 0.243 e.